The highest BCUT2D eigenvalue weighted by molar-refractivity contribution is 6.33. The minimum Gasteiger partial charge on any atom is -0.376 e. The summed E-state index contributed by atoms with van der Waals surface area (Å²) in [5.41, 5.74) is 0.210. The van der Waals surface area contributed by atoms with Crippen LogP contribution in [0.3, 0.4) is 0 Å². The van der Waals surface area contributed by atoms with Crippen LogP contribution in [0.25, 0.3) is 0 Å². The molecule has 0 atom stereocenters. The van der Waals surface area contributed by atoms with Crippen molar-refractivity contribution < 1.29 is 9.53 Å². The van der Waals surface area contributed by atoms with Gasteiger partial charge in [0.25, 0.3) is 5.91 Å². The number of aromatic nitrogens is 1. The number of pyridine rings is 1. The third-order valence-electron chi connectivity index (χ3n) is 3.29. The van der Waals surface area contributed by atoms with Gasteiger partial charge in [-0.2, -0.15) is 0 Å². The van der Waals surface area contributed by atoms with Crippen LogP contribution in [0.5, 0.6) is 0 Å². The Bertz CT molecular complexity index is 436. The summed E-state index contributed by atoms with van der Waals surface area (Å²) in [6, 6.07) is 2.98. The van der Waals surface area contributed by atoms with E-state index in [0.717, 1.165) is 19.3 Å². The molecule has 1 aliphatic carbocycles. The van der Waals surface area contributed by atoms with Gasteiger partial charge in [-0.1, -0.05) is 23.2 Å². The molecular formula is C12H14Cl2N2O2. The molecule has 6 heteroatoms. The Morgan fingerprint density at radius 1 is 1.44 bits per heavy atom. The van der Waals surface area contributed by atoms with Crippen LogP contribution in [-0.2, 0) is 4.74 Å². The van der Waals surface area contributed by atoms with Gasteiger partial charge in [0.1, 0.15) is 10.3 Å². The molecule has 0 unspecified atom stereocenters. The monoisotopic (exact) mass is 288 g/mol. The number of hydrogen-bond acceptors (Lipinski definition) is 3. The number of nitrogens with zero attached hydrogens (tertiary/aromatic N) is 1. The Kier molecular flexibility index (Phi) is 4.10. The number of hydrogen-bond donors (Lipinski definition) is 1. The SMILES string of the molecule is COC1(CNC(=O)c2cc(Cl)nc(Cl)c2)CCC1. The number of carbonyl (C=O) groups is 1. The zero-order valence-corrected chi connectivity index (χ0v) is 11.5. The Morgan fingerprint density at radius 3 is 2.50 bits per heavy atom. The van der Waals surface area contributed by atoms with Crippen molar-refractivity contribution in [2.45, 2.75) is 24.9 Å². The highest BCUT2D eigenvalue weighted by Crippen LogP contribution is 2.34. The molecule has 1 aromatic rings. The lowest BCUT2D eigenvalue weighted by Gasteiger charge is -2.40. The van der Waals surface area contributed by atoms with Crippen LogP contribution < -0.4 is 5.32 Å². The van der Waals surface area contributed by atoms with Crippen molar-refractivity contribution in [3.05, 3.63) is 28.0 Å². The van der Waals surface area contributed by atoms with Gasteiger partial charge in [-0.3, -0.25) is 4.79 Å². The summed E-state index contributed by atoms with van der Waals surface area (Å²) in [6.45, 7) is 0.500. The number of rotatable bonds is 4. The molecule has 0 bridgehead atoms. The first-order valence-electron chi connectivity index (χ1n) is 5.71. The van der Waals surface area contributed by atoms with Crippen LogP contribution in [-0.4, -0.2) is 30.1 Å². The molecule has 1 N–H and O–H groups in total. The average molecular weight is 289 g/mol. The minimum atomic E-state index is -0.218. The zero-order chi connectivity index (χ0) is 13.2. The molecule has 2 rings (SSSR count). The first kappa shape index (κ1) is 13.6. The first-order chi connectivity index (χ1) is 8.54. The van der Waals surface area contributed by atoms with Crippen molar-refractivity contribution in [1.29, 1.82) is 0 Å². The van der Waals surface area contributed by atoms with Crippen LogP contribution in [0.1, 0.15) is 29.6 Å². The topological polar surface area (TPSA) is 51.2 Å². The van der Waals surface area contributed by atoms with E-state index < -0.39 is 0 Å². The van der Waals surface area contributed by atoms with Gasteiger partial charge in [-0.15, -0.1) is 0 Å². The predicted octanol–water partition coefficient (Wildman–Crippen LogP) is 2.69. The van der Waals surface area contributed by atoms with E-state index in [1.165, 1.54) is 12.1 Å². The van der Waals surface area contributed by atoms with Gasteiger partial charge >= 0.3 is 0 Å². The molecule has 1 saturated carbocycles. The summed E-state index contributed by atoms with van der Waals surface area (Å²) in [4.78, 5) is 15.7. The van der Waals surface area contributed by atoms with E-state index in [1.807, 2.05) is 0 Å². The van der Waals surface area contributed by atoms with Gasteiger partial charge in [0.2, 0.25) is 0 Å². The normalized spacial score (nSPS) is 17.1. The highest BCUT2D eigenvalue weighted by atomic mass is 35.5. The van der Waals surface area contributed by atoms with Crippen molar-refractivity contribution in [3.63, 3.8) is 0 Å². The van der Waals surface area contributed by atoms with Crippen molar-refractivity contribution in [3.8, 4) is 0 Å². The van der Waals surface area contributed by atoms with E-state index in [0.29, 0.717) is 12.1 Å². The molecule has 1 aliphatic rings. The number of amides is 1. The molecule has 1 fully saturated rings. The quantitative estimate of drug-likeness (QED) is 0.867. The van der Waals surface area contributed by atoms with E-state index in [2.05, 4.69) is 10.3 Å². The second kappa shape index (κ2) is 5.43. The van der Waals surface area contributed by atoms with E-state index in [4.69, 9.17) is 27.9 Å². The van der Waals surface area contributed by atoms with Crippen LogP contribution in [0.15, 0.2) is 12.1 Å². The first-order valence-corrected chi connectivity index (χ1v) is 6.47. The molecule has 0 saturated heterocycles. The summed E-state index contributed by atoms with van der Waals surface area (Å²) in [7, 11) is 1.67. The van der Waals surface area contributed by atoms with Crippen LogP contribution in [0, 0.1) is 0 Å². The second-order valence-electron chi connectivity index (χ2n) is 4.42. The van der Waals surface area contributed by atoms with Gasteiger partial charge in [0.05, 0.1) is 5.60 Å². The standard InChI is InChI=1S/C12H14Cl2N2O2/c1-18-12(3-2-4-12)7-15-11(17)8-5-9(13)16-10(14)6-8/h5-6H,2-4,7H2,1H3,(H,15,17). The Labute approximate surface area is 116 Å². The Balaban J connectivity index is 1.99. The molecular weight excluding hydrogens is 275 g/mol. The summed E-state index contributed by atoms with van der Waals surface area (Å²) < 4.78 is 5.43. The summed E-state index contributed by atoms with van der Waals surface area (Å²) in [5.74, 6) is -0.218. The molecule has 0 aromatic carbocycles. The van der Waals surface area contributed by atoms with E-state index in [-0.39, 0.29) is 21.8 Å². The maximum atomic E-state index is 11.9. The summed E-state index contributed by atoms with van der Waals surface area (Å²) >= 11 is 11.5. The third kappa shape index (κ3) is 2.94. The minimum absolute atomic E-state index is 0.198. The molecule has 4 nitrogen and oxygen atoms in total. The molecule has 0 radical (unpaired) electrons. The summed E-state index contributed by atoms with van der Waals surface area (Å²) in [6.07, 6.45) is 3.08. The fraction of sp³-hybridized carbons (Fsp3) is 0.500. The lowest BCUT2D eigenvalue weighted by Crippen LogP contribution is -2.49. The molecule has 18 heavy (non-hydrogen) atoms. The van der Waals surface area contributed by atoms with Crippen LogP contribution in [0.4, 0.5) is 0 Å². The number of nitrogens with one attached hydrogen (secondary N) is 1. The molecule has 98 valence electrons. The fourth-order valence-electron chi connectivity index (χ4n) is 1.96. The molecule has 1 heterocycles. The van der Waals surface area contributed by atoms with Gasteiger partial charge in [-0.05, 0) is 31.4 Å². The summed E-state index contributed by atoms with van der Waals surface area (Å²) in [5, 5.41) is 3.25. The van der Waals surface area contributed by atoms with Crippen LogP contribution >= 0.6 is 23.2 Å². The Hall–Kier alpha value is -0.840. The van der Waals surface area contributed by atoms with E-state index in [1.54, 1.807) is 7.11 Å². The van der Waals surface area contributed by atoms with Crippen molar-refractivity contribution in [2.24, 2.45) is 0 Å². The molecule has 0 aliphatic heterocycles. The van der Waals surface area contributed by atoms with E-state index >= 15 is 0 Å². The molecule has 0 spiro atoms. The maximum Gasteiger partial charge on any atom is 0.251 e. The third-order valence-corrected chi connectivity index (χ3v) is 3.68. The maximum absolute atomic E-state index is 11.9. The van der Waals surface area contributed by atoms with Gasteiger partial charge in [0, 0.05) is 19.2 Å². The van der Waals surface area contributed by atoms with Gasteiger partial charge in [0.15, 0.2) is 0 Å². The van der Waals surface area contributed by atoms with Gasteiger partial charge in [-0.25, -0.2) is 4.98 Å². The smallest absolute Gasteiger partial charge is 0.251 e. The number of carbonyl (C=O) groups excluding carboxylic acids is 1. The lowest BCUT2D eigenvalue weighted by molar-refractivity contribution is -0.0679. The van der Waals surface area contributed by atoms with Crippen molar-refractivity contribution in [1.82, 2.24) is 10.3 Å². The number of ether oxygens (including phenoxy) is 1. The number of methoxy groups -OCH3 is 1. The Morgan fingerprint density at radius 2 is 2.06 bits per heavy atom. The van der Waals surface area contributed by atoms with Gasteiger partial charge < -0.3 is 10.1 Å². The molecule has 1 amide bonds. The largest absolute Gasteiger partial charge is 0.376 e. The highest BCUT2D eigenvalue weighted by Gasteiger charge is 2.37. The van der Waals surface area contributed by atoms with Crippen LogP contribution in [0.2, 0.25) is 10.3 Å². The zero-order valence-electron chi connectivity index (χ0n) is 10.0. The average Bonchev–Trinajstić information content (AvgIpc) is 2.26. The number of halogens is 2. The van der Waals surface area contributed by atoms with E-state index in [9.17, 15) is 4.79 Å². The van der Waals surface area contributed by atoms with Crippen molar-refractivity contribution in [2.75, 3.05) is 13.7 Å². The molecule has 1 aromatic heterocycles. The second-order valence-corrected chi connectivity index (χ2v) is 5.20. The lowest BCUT2D eigenvalue weighted by atomic mass is 9.80. The van der Waals surface area contributed by atoms with Crippen molar-refractivity contribution >= 4 is 29.1 Å². The fourth-order valence-corrected chi connectivity index (χ4v) is 2.42. The predicted molar refractivity (Wildman–Crippen MR) is 70.2 cm³/mol.